The number of H-pyrrole nitrogens is 1. The van der Waals surface area contributed by atoms with Crippen LogP contribution in [0.2, 0.25) is 0 Å². The maximum atomic E-state index is 12.4. The fourth-order valence-electron chi connectivity index (χ4n) is 2.22. The highest BCUT2D eigenvalue weighted by Crippen LogP contribution is 2.25. The van der Waals surface area contributed by atoms with Crippen LogP contribution in [-0.4, -0.2) is 31.5 Å². The van der Waals surface area contributed by atoms with E-state index in [1.165, 1.54) is 17.3 Å². The van der Waals surface area contributed by atoms with Gasteiger partial charge in [-0.05, 0) is 20.3 Å². The second kappa shape index (κ2) is 7.52. The summed E-state index contributed by atoms with van der Waals surface area (Å²) in [6, 6.07) is 9.69. The molecule has 8 heteroatoms. The van der Waals surface area contributed by atoms with Gasteiger partial charge in [0, 0.05) is 11.6 Å². The summed E-state index contributed by atoms with van der Waals surface area (Å²) in [5, 5.41) is 13.9. The zero-order valence-electron chi connectivity index (χ0n) is 14.2. The Morgan fingerprint density at radius 1 is 1.32 bits per heavy atom. The van der Waals surface area contributed by atoms with Crippen LogP contribution >= 0.6 is 11.8 Å². The van der Waals surface area contributed by atoms with Gasteiger partial charge in [0.25, 0.3) is 0 Å². The van der Waals surface area contributed by atoms with Crippen molar-refractivity contribution in [1.29, 1.82) is 0 Å². The zero-order valence-corrected chi connectivity index (χ0v) is 15.1. The summed E-state index contributed by atoms with van der Waals surface area (Å²) in [6.07, 6.45) is 0.641. The van der Waals surface area contributed by atoms with Crippen molar-refractivity contribution in [3.8, 4) is 11.4 Å². The number of anilines is 1. The summed E-state index contributed by atoms with van der Waals surface area (Å²) in [5.41, 5.74) is 2.14. The summed E-state index contributed by atoms with van der Waals surface area (Å²) in [6.45, 7) is 5.75. The van der Waals surface area contributed by atoms with Crippen LogP contribution in [0.25, 0.3) is 11.4 Å². The lowest BCUT2D eigenvalue weighted by atomic mass is 10.1. The number of thioether (sulfide) groups is 1. The van der Waals surface area contributed by atoms with Crippen LogP contribution in [0.3, 0.4) is 0 Å². The number of amides is 1. The Bertz CT molecular complexity index is 856. The summed E-state index contributed by atoms with van der Waals surface area (Å²) in [4.78, 5) is 16.9. The van der Waals surface area contributed by atoms with Crippen molar-refractivity contribution in [2.75, 3.05) is 5.32 Å². The van der Waals surface area contributed by atoms with Crippen LogP contribution in [-0.2, 0) is 4.79 Å². The van der Waals surface area contributed by atoms with Crippen LogP contribution in [0, 0.1) is 13.8 Å². The van der Waals surface area contributed by atoms with E-state index in [0.717, 1.165) is 5.56 Å². The van der Waals surface area contributed by atoms with E-state index >= 15 is 0 Å². The first-order valence-electron chi connectivity index (χ1n) is 7.95. The van der Waals surface area contributed by atoms with Crippen molar-refractivity contribution in [1.82, 2.24) is 20.3 Å². The van der Waals surface area contributed by atoms with Gasteiger partial charge < -0.3 is 9.84 Å². The summed E-state index contributed by atoms with van der Waals surface area (Å²) < 4.78 is 4.96. The number of nitrogens with zero attached hydrogens (tertiary/aromatic N) is 3. The third kappa shape index (κ3) is 4.27. The Labute approximate surface area is 149 Å². The predicted octanol–water partition coefficient (Wildman–Crippen LogP) is 3.59. The topological polar surface area (TPSA) is 96.7 Å². The first-order chi connectivity index (χ1) is 12.0. The maximum Gasteiger partial charge on any atom is 0.239 e. The summed E-state index contributed by atoms with van der Waals surface area (Å²) in [7, 11) is 0. The van der Waals surface area contributed by atoms with Crippen molar-refractivity contribution < 1.29 is 9.32 Å². The van der Waals surface area contributed by atoms with E-state index in [-0.39, 0.29) is 11.2 Å². The maximum absolute atomic E-state index is 12.4. The minimum absolute atomic E-state index is 0.150. The molecule has 0 aliphatic heterocycles. The van der Waals surface area contributed by atoms with E-state index in [1.807, 2.05) is 38.1 Å². The number of aromatic amines is 1. The fraction of sp³-hybridized carbons (Fsp3) is 0.294. The Morgan fingerprint density at radius 3 is 2.72 bits per heavy atom. The molecule has 25 heavy (non-hydrogen) atoms. The first-order valence-corrected chi connectivity index (χ1v) is 8.83. The Hall–Kier alpha value is -2.61. The molecule has 7 nitrogen and oxygen atoms in total. The number of carbonyl (C=O) groups is 1. The largest absolute Gasteiger partial charge is 0.360 e. The Morgan fingerprint density at radius 2 is 2.08 bits per heavy atom. The van der Waals surface area contributed by atoms with Crippen molar-refractivity contribution in [2.45, 2.75) is 37.6 Å². The second-order valence-electron chi connectivity index (χ2n) is 5.66. The molecule has 3 aromatic rings. The standard InChI is InChI=1S/C17H19N5O2S/c1-4-13(16(23)18-14-9-11(3)24-22-14)25-17-19-15(20-21-17)12-7-5-10(2)6-8-12/h5-9,13H,4H2,1-3H3,(H,18,22,23)(H,19,20,21). The molecule has 2 aromatic heterocycles. The van der Waals surface area contributed by atoms with Crippen LogP contribution in [0.5, 0.6) is 0 Å². The molecule has 0 saturated heterocycles. The highest BCUT2D eigenvalue weighted by Gasteiger charge is 2.21. The fourth-order valence-corrected chi connectivity index (χ4v) is 3.05. The molecule has 1 unspecified atom stereocenters. The minimum atomic E-state index is -0.321. The predicted molar refractivity (Wildman–Crippen MR) is 96.4 cm³/mol. The van der Waals surface area contributed by atoms with Crippen LogP contribution in [0.15, 0.2) is 40.0 Å². The molecule has 2 N–H and O–H groups in total. The number of hydrogen-bond acceptors (Lipinski definition) is 6. The van der Waals surface area contributed by atoms with Crippen LogP contribution < -0.4 is 5.32 Å². The molecule has 0 bridgehead atoms. The van der Waals surface area contributed by atoms with E-state index < -0.39 is 0 Å². The zero-order chi connectivity index (χ0) is 17.8. The molecule has 1 amide bonds. The lowest BCUT2D eigenvalue weighted by molar-refractivity contribution is -0.115. The quantitative estimate of drug-likeness (QED) is 0.655. The Balaban J connectivity index is 1.67. The molecule has 130 valence electrons. The van der Waals surface area contributed by atoms with E-state index in [4.69, 9.17) is 4.52 Å². The average molecular weight is 357 g/mol. The lowest BCUT2D eigenvalue weighted by Crippen LogP contribution is -2.24. The third-order valence-electron chi connectivity index (χ3n) is 3.58. The molecule has 0 radical (unpaired) electrons. The van der Waals surface area contributed by atoms with Crippen molar-refractivity contribution >= 4 is 23.5 Å². The average Bonchev–Trinajstić information content (AvgIpc) is 3.22. The van der Waals surface area contributed by atoms with Gasteiger partial charge in [-0.25, -0.2) is 4.98 Å². The SMILES string of the molecule is CCC(Sc1n[nH]c(-c2ccc(C)cc2)n1)C(=O)Nc1cc(C)on1. The normalized spacial score (nSPS) is 12.1. The van der Waals surface area contributed by atoms with Crippen molar-refractivity contribution in [2.24, 2.45) is 0 Å². The van der Waals surface area contributed by atoms with E-state index in [2.05, 4.69) is 25.7 Å². The van der Waals surface area contributed by atoms with Gasteiger partial charge in [-0.2, -0.15) is 0 Å². The number of carbonyl (C=O) groups excluding carboxylic acids is 1. The van der Waals surface area contributed by atoms with Crippen molar-refractivity contribution in [3.63, 3.8) is 0 Å². The molecule has 0 spiro atoms. The van der Waals surface area contributed by atoms with Gasteiger partial charge in [-0.15, -0.1) is 5.10 Å². The van der Waals surface area contributed by atoms with E-state index in [0.29, 0.717) is 29.0 Å². The number of nitrogens with one attached hydrogen (secondary N) is 2. The molecule has 0 aliphatic rings. The summed E-state index contributed by atoms with van der Waals surface area (Å²) >= 11 is 1.32. The molecule has 0 saturated carbocycles. The molecule has 0 fully saturated rings. The third-order valence-corrected chi connectivity index (χ3v) is 4.81. The number of rotatable bonds is 6. The van der Waals surface area contributed by atoms with E-state index in [1.54, 1.807) is 13.0 Å². The highest BCUT2D eigenvalue weighted by molar-refractivity contribution is 8.00. The van der Waals surface area contributed by atoms with E-state index in [9.17, 15) is 4.79 Å². The lowest BCUT2D eigenvalue weighted by Gasteiger charge is -2.10. The van der Waals surface area contributed by atoms with Gasteiger partial charge >= 0.3 is 0 Å². The molecular formula is C17H19N5O2S. The van der Waals surface area contributed by atoms with Crippen LogP contribution in [0.4, 0.5) is 5.82 Å². The first kappa shape index (κ1) is 17.2. The number of aromatic nitrogens is 4. The molecule has 1 aromatic carbocycles. The molecule has 2 heterocycles. The molecule has 1 atom stereocenters. The number of aryl methyl sites for hydroxylation is 2. The van der Waals surface area contributed by atoms with Gasteiger partial charge in [-0.3, -0.25) is 9.89 Å². The van der Waals surface area contributed by atoms with Gasteiger partial charge in [0.2, 0.25) is 11.1 Å². The number of benzene rings is 1. The smallest absolute Gasteiger partial charge is 0.239 e. The van der Waals surface area contributed by atoms with Crippen LogP contribution in [0.1, 0.15) is 24.7 Å². The van der Waals surface area contributed by atoms with Gasteiger partial charge in [0.05, 0.1) is 5.25 Å². The van der Waals surface area contributed by atoms with Gasteiger partial charge in [0.15, 0.2) is 11.6 Å². The molecule has 3 rings (SSSR count). The van der Waals surface area contributed by atoms with Gasteiger partial charge in [0.1, 0.15) is 5.76 Å². The Kier molecular flexibility index (Phi) is 5.18. The monoisotopic (exact) mass is 357 g/mol. The highest BCUT2D eigenvalue weighted by atomic mass is 32.2. The van der Waals surface area contributed by atoms with Gasteiger partial charge in [-0.1, -0.05) is 53.7 Å². The minimum Gasteiger partial charge on any atom is -0.360 e. The second-order valence-corrected chi connectivity index (χ2v) is 6.83. The number of hydrogen-bond donors (Lipinski definition) is 2. The van der Waals surface area contributed by atoms with Crippen molar-refractivity contribution in [3.05, 3.63) is 41.7 Å². The molecular weight excluding hydrogens is 338 g/mol. The molecule has 0 aliphatic carbocycles. The summed E-state index contributed by atoms with van der Waals surface area (Å²) in [5.74, 6) is 1.59.